The SMILES string of the molecule is CCCOC(=O)CSc1n[nH]c(C(C)(C)C)n1. The molecule has 0 aliphatic carbocycles. The first kappa shape index (κ1) is 14.0. The van der Waals surface area contributed by atoms with Crippen LogP contribution in [0.1, 0.15) is 39.9 Å². The number of H-pyrrole nitrogens is 1. The van der Waals surface area contributed by atoms with Gasteiger partial charge in [-0.05, 0) is 6.42 Å². The van der Waals surface area contributed by atoms with Crippen molar-refractivity contribution < 1.29 is 9.53 Å². The summed E-state index contributed by atoms with van der Waals surface area (Å²) in [5.41, 5.74) is -0.0610. The fraction of sp³-hybridized carbons (Fsp3) is 0.727. The first-order valence-electron chi connectivity index (χ1n) is 5.64. The number of hydrogen-bond donors (Lipinski definition) is 1. The van der Waals surface area contributed by atoms with E-state index in [1.807, 2.05) is 6.92 Å². The molecule has 6 heteroatoms. The van der Waals surface area contributed by atoms with E-state index in [9.17, 15) is 4.79 Å². The summed E-state index contributed by atoms with van der Waals surface area (Å²) in [6.07, 6.45) is 0.839. The quantitative estimate of drug-likeness (QED) is 0.646. The minimum Gasteiger partial charge on any atom is -0.465 e. The fourth-order valence-corrected chi connectivity index (χ4v) is 1.62. The molecule has 17 heavy (non-hydrogen) atoms. The molecule has 0 fully saturated rings. The van der Waals surface area contributed by atoms with Crippen LogP contribution in [0.15, 0.2) is 5.16 Å². The van der Waals surface area contributed by atoms with Gasteiger partial charge in [-0.3, -0.25) is 9.89 Å². The van der Waals surface area contributed by atoms with Gasteiger partial charge in [-0.2, -0.15) is 0 Å². The second kappa shape index (κ2) is 6.05. The first-order chi connectivity index (χ1) is 7.93. The maximum atomic E-state index is 11.3. The number of nitrogens with zero attached hydrogens (tertiary/aromatic N) is 2. The summed E-state index contributed by atoms with van der Waals surface area (Å²) >= 11 is 1.29. The lowest BCUT2D eigenvalue weighted by Gasteiger charge is -2.12. The van der Waals surface area contributed by atoms with E-state index >= 15 is 0 Å². The van der Waals surface area contributed by atoms with E-state index in [1.165, 1.54) is 11.8 Å². The smallest absolute Gasteiger partial charge is 0.316 e. The number of aromatic nitrogens is 3. The fourth-order valence-electron chi connectivity index (χ4n) is 1.03. The Balaban J connectivity index is 2.42. The number of hydrogen-bond acceptors (Lipinski definition) is 5. The molecule has 1 aromatic rings. The molecule has 0 saturated heterocycles. The number of ether oxygens (including phenoxy) is 1. The van der Waals surface area contributed by atoms with Crippen molar-refractivity contribution in [1.29, 1.82) is 0 Å². The number of esters is 1. The number of aromatic amines is 1. The third kappa shape index (κ3) is 4.77. The van der Waals surface area contributed by atoms with Gasteiger partial charge in [0.2, 0.25) is 5.16 Å². The minimum atomic E-state index is -0.223. The Morgan fingerprint density at radius 3 is 2.71 bits per heavy atom. The average molecular weight is 257 g/mol. The van der Waals surface area contributed by atoms with Gasteiger partial charge in [0, 0.05) is 5.41 Å². The summed E-state index contributed by atoms with van der Waals surface area (Å²) in [7, 11) is 0. The van der Waals surface area contributed by atoms with E-state index in [-0.39, 0.29) is 17.1 Å². The van der Waals surface area contributed by atoms with Crippen molar-refractivity contribution in [1.82, 2.24) is 15.2 Å². The van der Waals surface area contributed by atoms with Gasteiger partial charge < -0.3 is 4.74 Å². The van der Waals surface area contributed by atoms with Crippen molar-refractivity contribution >= 4 is 17.7 Å². The van der Waals surface area contributed by atoms with Crippen LogP contribution in [0.5, 0.6) is 0 Å². The van der Waals surface area contributed by atoms with E-state index in [2.05, 4.69) is 36.0 Å². The van der Waals surface area contributed by atoms with E-state index in [0.717, 1.165) is 12.2 Å². The van der Waals surface area contributed by atoms with Gasteiger partial charge in [-0.1, -0.05) is 39.5 Å². The predicted molar refractivity (Wildman–Crippen MR) is 67.1 cm³/mol. The van der Waals surface area contributed by atoms with Crippen LogP contribution in [0, 0.1) is 0 Å². The van der Waals surface area contributed by atoms with Crippen molar-refractivity contribution in [2.24, 2.45) is 0 Å². The van der Waals surface area contributed by atoms with Crippen molar-refractivity contribution in [2.45, 2.75) is 44.7 Å². The standard InChI is InChI=1S/C11H19N3O2S/c1-5-6-16-8(15)7-17-10-12-9(13-14-10)11(2,3)4/h5-7H2,1-4H3,(H,12,13,14). The van der Waals surface area contributed by atoms with Gasteiger partial charge >= 0.3 is 5.97 Å². The monoisotopic (exact) mass is 257 g/mol. The lowest BCUT2D eigenvalue weighted by Crippen LogP contribution is -2.13. The number of nitrogens with one attached hydrogen (secondary N) is 1. The van der Waals surface area contributed by atoms with Crippen LogP contribution in [-0.2, 0) is 14.9 Å². The van der Waals surface area contributed by atoms with Crippen LogP contribution in [0.4, 0.5) is 0 Å². The molecule has 0 saturated carbocycles. The van der Waals surface area contributed by atoms with Crippen LogP contribution < -0.4 is 0 Å². The third-order valence-electron chi connectivity index (χ3n) is 1.96. The molecular formula is C11H19N3O2S. The van der Waals surface area contributed by atoms with Crippen LogP contribution in [0.3, 0.4) is 0 Å². The van der Waals surface area contributed by atoms with Crippen LogP contribution >= 0.6 is 11.8 Å². The number of thioether (sulfide) groups is 1. The molecule has 1 rings (SSSR count). The van der Waals surface area contributed by atoms with Crippen molar-refractivity contribution in [3.05, 3.63) is 5.82 Å². The lowest BCUT2D eigenvalue weighted by molar-refractivity contribution is -0.140. The Kier molecular flexibility index (Phi) is 4.99. The summed E-state index contributed by atoms with van der Waals surface area (Å²) in [6.45, 7) is 8.60. The normalized spacial score (nSPS) is 11.5. The molecule has 96 valence electrons. The Labute approximate surface area is 106 Å². The van der Waals surface area contributed by atoms with Crippen molar-refractivity contribution in [3.8, 4) is 0 Å². The second-order valence-corrected chi connectivity index (χ2v) is 5.67. The highest BCUT2D eigenvalue weighted by molar-refractivity contribution is 7.99. The minimum absolute atomic E-state index is 0.0610. The maximum absolute atomic E-state index is 11.3. The summed E-state index contributed by atoms with van der Waals surface area (Å²) in [6, 6.07) is 0. The maximum Gasteiger partial charge on any atom is 0.316 e. The Morgan fingerprint density at radius 2 is 2.18 bits per heavy atom. The number of carbonyl (C=O) groups excluding carboxylic acids is 1. The molecule has 0 unspecified atom stereocenters. The molecule has 0 bridgehead atoms. The van der Waals surface area contributed by atoms with Gasteiger partial charge in [0.15, 0.2) is 0 Å². The largest absolute Gasteiger partial charge is 0.465 e. The molecule has 0 spiro atoms. The predicted octanol–water partition coefficient (Wildman–Crippen LogP) is 2.15. The molecule has 0 aliphatic heterocycles. The Bertz CT molecular complexity index is 371. The lowest BCUT2D eigenvalue weighted by atomic mass is 9.96. The van der Waals surface area contributed by atoms with Crippen LogP contribution in [-0.4, -0.2) is 33.5 Å². The summed E-state index contributed by atoms with van der Waals surface area (Å²) in [4.78, 5) is 15.6. The van der Waals surface area contributed by atoms with Gasteiger partial charge in [-0.15, -0.1) is 5.10 Å². The molecule has 5 nitrogen and oxygen atoms in total. The molecule has 0 amide bonds. The number of rotatable bonds is 5. The Hall–Kier alpha value is -1.04. The summed E-state index contributed by atoms with van der Waals surface area (Å²) < 4.78 is 4.96. The summed E-state index contributed by atoms with van der Waals surface area (Å²) in [5, 5.41) is 7.52. The van der Waals surface area contributed by atoms with Crippen molar-refractivity contribution in [3.63, 3.8) is 0 Å². The van der Waals surface area contributed by atoms with Crippen LogP contribution in [0.25, 0.3) is 0 Å². The molecule has 1 heterocycles. The Morgan fingerprint density at radius 1 is 1.47 bits per heavy atom. The van der Waals surface area contributed by atoms with Crippen LogP contribution in [0.2, 0.25) is 0 Å². The highest BCUT2D eigenvalue weighted by atomic mass is 32.2. The van der Waals surface area contributed by atoms with Gasteiger partial charge in [-0.25, -0.2) is 4.98 Å². The van der Waals surface area contributed by atoms with E-state index in [0.29, 0.717) is 11.8 Å². The molecule has 0 aromatic carbocycles. The van der Waals surface area contributed by atoms with E-state index in [1.54, 1.807) is 0 Å². The zero-order valence-corrected chi connectivity index (χ0v) is 11.6. The molecule has 1 N–H and O–H groups in total. The topological polar surface area (TPSA) is 67.9 Å². The van der Waals surface area contributed by atoms with E-state index in [4.69, 9.17) is 4.74 Å². The zero-order chi connectivity index (χ0) is 12.9. The number of carbonyl (C=O) groups is 1. The van der Waals surface area contributed by atoms with Gasteiger partial charge in [0.05, 0.1) is 12.4 Å². The molecule has 0 radical (unpaired) electrons. The van der Waals surface area contributed by atoms with Gasteiger partial charge in [0.25, 0.3) is 0 Å². The zero-order valence-electron chi connectivity index (χ0n) is 10.7. The average Bonchev–Trinajstić information content (AvgIpc) is 2.71. The van der Waals surface area contributed by atoms with Crippen molar-refractivity contribution in [2.75, 3.05) is 12.4 Å². The third-order valence-corrected chi connectivity index (χ3v) is 2.78. The molecule has 0 aliphatic rings. The highest BCUT2D eigenvalue weighted by Crippen LogP contribution is 2.20. The highest BCUT2D eigenvalue weighted by Gasteiger charge is 2.19. The molecule has 0 atom stereocenters. The summed E-state index contributed by atoms with van der Waals surface area (Å²) in [5.74, 6) is 0.849. The van der Waals surface area contributed by atoms with E-state index < -0.39 is 0 Å². The first-order valence-corrected chi connectivity index (χ1v) is 6.63. The van der Waals surface area contributed by atoms with Gasteiger partial charge in [0.1, 0.15) is 5.82 Å². The second-order valence-electron chi connectivity index (χ2n) is 4.73. The molecule has 1 aromatic heterocycles. The molecular weight excluding hydrogens is 238 g/mol.